The number of aliphatic imine (C=N–C) groups is 1. The summed E-state index contributed by atoms with van der Waals surface area (Å²) >= 11 is 7.72. The molecular formula is C17H23ClIN3OS. The molecule has 0 saturated heterocycles. The predicted molar refractivity (Wildman–Crippen MR) is 114 cm³/mol. The van der Waals surface area contributed by atoms with Crippen LogP contribution in [0.2, 0.25) is 5.02 Å². The van der Waals surface area contributed by atoms with Crippen molar-refractivity contribution in [3.8, 4) is 0 Å². The molecule has 2 rings (SSSR count). The first-order valence-corrected chi connectivity index (χ1v) is 8.85. The van der Waals surface area contributed by atoms with E-state index in [0.29, 0.717) is 24.1 Å². The molecule has 24 heavy (non-hydrogen) atoms. The van der Waals surface area contributed by atoms with Gasteiger partial charge in [0, 0.05) is 11.6 Å². The Bertz CT molecular complexity index is 647. The molecule has 1 unspecified atom stereocenters. The Morgan fingerprint density at radius 3 is 2.67 bits per heavy atom. The summed E-state index contributed by atoms with van der Waals surface area (Å²) in [6.07, 6.45) is 0. The molecule has 1 aromatic carbocycles. The van der Waals surface area contributed by atoms with Gasteiger partial charge in [-0.3, -0.25) is 0 Å². The smallest absolute Gasteiger partial charge is 0.191 e. The van der Waals surface area contributed by atoms with Gasteiger partial charge in [-0.1, -0.05) is 29.8 Å². The number of benzene rings is 1. The second-order valence-corrected chi connectivity index (χ2v) is 6.61. The van der Waals surface area contributed by atoms with E-state index in [-0.39, 0.29) is 24.0 Å². The van der Waals surface area contributed by atoms with Crippen molar-refractivity contribution < 1.29 is 5.11 Å². The molecule has 4 nitrogen and oxygen atoms in total. The van der Waals surface area contributed by atoms with E-state index in [9.17, 15) is 5.11 Å². The van der Waals surface area contributed by atoms with E-state index in [1.54, 1.807) is 18.3 Å². The maximum absolute atomic E-state index is 10.6. The number of hydrogen-bond donors (Lipinski definition) is 3. The fraction of sp³-hybridized carbons (Fsp3) is 0.353. The van der Waals surface area contributed by atoms with E-state index >= 15 is 0 Å². The van der Waals surface area contributed by atoms with Gasteiger partial charge in [0.2, 0.25) is 0 Å². The Kier molecular flexibility index (Phi) is 9.04. The summed E-state index contributed by atoms with van der Waals surface area (Å²) in [6.45, 7) is 5.39. The molecule has 7 heteroatoms. The molecule has 0 radical (unpaired) electrons. The van der Waals surface area contributed by atoms with E-state index in [1.807, 2.05) is 48.0 Å². The van der Waals surface area contributed by atoms with Gasteiger partial charge in [0.15, 0.2) is 5.96 Å². The van der Waals surface area contributed by atoms with Gasteiger partial charge >= 0.3 is 0 Å². The zero-order valence-electron chi connectivity index (χ0n) is 13.8. The molecule has 1 aromatic heterocycles. The summed E-state index contributed by atoms with van der Waals surface area (Å²) < 4.78 is 0. The van der Waals surface area contributed by atoms with Gasteiger partial charge in [-0.25, -0.2) is 4.99 Å². The van der Waals surface area contributed by atoms with Gasteiger partial charge in [0.05, 0.1) is 13.1 Å². The van der Waals surface area contributed by atoms with Crippen LogP contribution in [0.5, 0.6) is 0 Å². The first-order chi connectivity index (χ1) is 11.0. The van der Waals surface area contributed by atoms with E-state index in [4.69, 9.17) is 11.6 Å². The number of thiophene rings is 1. The number of nitrogens with one attached hydrogen (secondary N) is 2. The third-order valence-corrected chi connectivity index (χ3v) is 4.50. The molecule has 0 aliphatic rings. The van der Waals surface area contributed by atoms with E-state index < -0.39 is 5.60 Å². The van der Waals surface area contributed by atoms with Crippen LogP contribution in [0.4, 0.5) is 0 Å². The molecule has 1 heterocycles. The van der Waals surface area contributed by atoms with Crippen molar-refractivity contribution in [3.05, 3.63) is 57.2 Å². The molecule has 0 amide bonds. The average Bonchev–Trinajstić information content (AvgIpc) is 3.07. The lowest BCUT2D eigenvalue weighted by Gasteiger charge is -2.24. The summed E-state index contributed by atoms with van der Waals surface area (Å²) in [5, 5.41) is 21.5. The summed E-state index contributed by atoms with van der Waals surface area (Å²) in [5.74, 6) is 0.655. The number of hydrogen-bond acceptors (Lipinski definition) is 3. The number of rotatable bonds is 6. The summed E-state index contributed by atoms with van der Waals surface area (Å²) in [4.78, 5) is 4.53. The monoisotopic (exact) mass is 479 g/mol. The zero-order chi connectivity index (χ0) is 16.7. The van der Waals surface area contributed by atoms with Crippen molar-refractivity contribution in [2.75, 3.05) is 13.1 Å². The average molecular weight is 480 g/mol. The first-order valence-electron chi connectivity index (χ1n) is 7.53. The van der Waals surface area contributed by atoms with E-state index in [1.165, 1.54) is 0 Å². The van der Waals surface area contributed by atoms with E-state index in [2.05, 4.69) is 15.6 Å². The normalized spacial score (nSPS) is 13.8. The van der Waals surface area contributed by atoms with Crippen molar-refractivity contribution in [1.29, 1.82) is 0 Å². The zero-order valence-corrected chi connectivity index (χ0v) is 17.7. The maximum atomic E-state index is 10.6. The van der Waals surface area contributed by atoms with Crippen molar-refractivity contribution >= 4 is 52.9 Å². The minimum absolute atomic E-state index is 0. The van der Waals surface area contributed by atoms with Gasteiger partial charge in [-0.2, -0.15) is 11.3 Å². The fourth-order valence-corrected chi connectivity index (χ4v) is 3.04. The SMILES string of the molecule is CCNC(=NCc1ccccc1Cl)NCC(C)(O)c1ccsc1.I. The minimum atomic E-state index is -0.944. The molecule has 0 spiro atoms. The number of aliphatic hydroxyl groups is 1. The van der Waals surface area contributed by atoms with Crippen LogP contribution in [0.15, 0.2) is 46.1 Å². The van der Waals surface area contributed by atoms with Crippen molar-refractivity contribution in [2.24, 2.45) is 4.99 Å². The van der Waals surface area contributed by atoms with Crippen LogP contribution < -0.4 is 10.6 Å². The Labute approximate surface area is 169 Å². The van der Waals surface area contributed by atoms with Gasteiger partial charge < -0.3 is 15.7 Å². The molecule has 0 saturated carbocycles. The van der Waals surface area contributed by atoms with Crippen LogP contribution >= 0.6 is 46.9 Å². The molecule has 0 fully saturated rings. The summed E-state index contributed by atoms with van der Waals surface area (Å²) in [7, 11) is 0. The standard InChI is InChI=1S/C17H22ClN3OS.HI/c1-3-19-16(20-10-13-6-4-5-7-15(13)18)21-12-17(2,22)14-8-9-23-11-14;/h4-9,11,22H,3,10,12H2,1-2H3,(H2,19,20,21);1H. The molecule has 3 N–H and O–H groups in total. The third-order valence-electron chi connectivity index (χ3n) is 3.45. The Hall–Kier alpha value is -0.830. The van der Waals surface area contributed by atoms with Gasteiger partial charge in [0.25, 0.3) is 0 Å². The van der Waals surface area contributed by atoms with Crippen LogP contribution in [0.1, 0.15) is 25.0 Å². The number of nitrogens with zero attached hydrogens (tertiary/aromatic N) is 1. The summed E-state index contributed by atoms with van der Waals surface area (Å²) in [5.41, 5.74) is 0.925. The maximum Gasteiger partial charge on any atom is 0.191 e. The molecule has 0 aliphatic heterocycles. The largest absolute Gasteiger partial charge is 0.384 e. The molecular weight excluding hydrogens is 457 g/mol. The van der Waals surface area contributed by atoms with Crippen LogP contribution in [-0.2, 0) is 12.1 Å². The molecule has 0 aliphatic carbocycles. The van der Waals surface area contributed by atoms with Crippen molar-refractivity contribution in [2.45, 2.75) is 26.0 Å². The van der Waals surface area contributed by atoms with Crippen LogP contribution in [0.25, 0.3) is 0 Å². The second kappa shape index (κ2) is 10.2. The number of halogens is 2. The van der Waals surface area contributed by atoms with Gasteiger partial charge in [-0.15, -0.1) is 24.0 Å². The Morgan fingerprint density at radius 2 is 2.04 bits per heavy atom. The van der Waals surface area contributed by atoms with E-state index in [0.717, 1.165) is 17.7 Å². The molecule has 1 atom stereocenters. The third kappa shape index (κ3) is 6.23. The molecule has 132 valence electrons. The highest BCUT2D eigenvalue weighted by atomic mass is 127. The topological polar surface area (TPSA) is 56.7 Å². The van der Waals surface area contributed by atoms with Crippen molar-refractivity contribution in [1.82, 2.24) is 10.6 Å². The Balaban J connectivity index is 0.00000288. The lowest BCUT2D eigenvalue weighted by Crippen LogP contribution is -2.44. The van der Waals surface area contributed by atoms with Gasteiger partial charge in [-0.05, 0) is 47.9 Å². The molecule has 0 bridgehead atoms. The second-order valence-electron chi connectivity index (χ2n) is 5.43. The van der Waals surface area contributed by atoms with Gasteiger partial charge in [0.1, 0.15) is 5.60 Å². The highest BCUT2D eigenvalue weighted by molar-refractivity contribution is 14.0. The summed E-state index contributed by atoms with van der Waals surface area (Å²) in [6, 6.07) is 9.58. The fourth-order valence-electron chi connectivity index (χ4n) is 2.06. The lowest BCUT2D eigenvalue weighted by molar-refractivity contribution is 0.0621. The lowest BCUT2D eigenvalue weighted by atomic mass is 9.99. The Morgan fingerprint density at radius 1 is 1.29 bits per heavy atom. The van der Waals surface area contributed by atoms with Crippen LogP contribution in [0.3, 0.4) is 0 Å². The van der Waals surface area contributed by atoms with Crippen LogP contribution in [-0.4, -0.2) is 24.2 Å². The van der Waals surface area contributed by atoms with Crippen molar-refractivity contribution in [3.63, 3.8) is 0 Å². The van der Waals surface area contributed by atoms with Crippen LogP contribution in [0, 0.1) is 0 Å². The predicted octanol–water partition coefficient (Wildman–Crippen LogP) is 3.98. The number of guanidine groups is 1. The first kappa shape index (κ1) is 21.2. The minimum Gasteiger partial charge on any atom is -0.384 e. The molecule has 2 aromatic rings. The quantitative estimate of drug-likeness (QED) is 0.334. The highest BCUT2D eigenvalue weighted by Crippen LogP contribution is 2.22. The highest BCUT2D eigenvalue weighted by Gasteiger charge is 2.23.